The predicted molar refractivity (Wildman–Crippen MR) is 97.0 cm³/mol. The lowest BCUT2D eigenvalue weighted by molar-refractivity contribution is -0.117. The fourth-order valence-electron chi connectivity index (χ4n) is 3.11. The molecule has 2 rings (SSSR count). The Morgan fingerprint density at radius 1 is 1.25 bits per heavy atom. The molecule has 2 N–H and O–H groups in total. The first-order valence-electron chi connectivity index (χ1n) is 8.76. The van der Waals surface area contributed by atoms with E-state index in [1.165, 1.54) is 0 Å². The molecule has 1 amide bonds. The number of phenolic OH excluding ortho intramolecular Hbond substituents is 1. The lowest BCUT2D eigenvalue weighted by Crippen LogP contribution is -2.35. The molecule has 0 unspecified atom stereocenters. The SMILES string of the molecule is CCN(CC)CC(=O)Nc1c(O)c(C)c(C)c2c1CCC(C)(C)O2. The molecule has 1 aromatic rings. The van der Waals surface area contributed by atoms with Gasteiger partial charge in [-0.05, 0) is 64.8 Å². The number of carbonyl (C=O) groups is 1. The van der Waals surface area contributed by atoms with Crippen molar-refractivity contribution in [1.29, 1.82) is 0 Å². The van der Waals surface area contributed by atoms with E-state index in [9.17, 15) is 9.90 Å². The Balaban J connectivity index is 2.37. The van der Waals surface area contributed by atoms with Crippen molar-refractivity contribution < 1.29 is 14.6 Å². The molecule has 0 aliphatic carbocycles. The monoisotopic (exact) mass is 334 g/mol. The summed E-state index contributed by atoms with van der Waals surface area (Å²) >= 11 is 0. The van der Waals surface area contributed by atoms with E-state index in [4.69, 9.17) is 4.74 Å². The number of phenols is 1. The van der Waals surface area contributed by atoms with Gasteiger partial charge in [0.2, 0.25) is 5.91 Å². The number of aromatic hydroxyl groups is 1. The third-order valence-electron chi connectivity index (χ3n) is 4.95. The van der Waals surface area contributed by atoms with Gasteiger partial charge in [-0.2, -0.15) is 0 Å². The van der Waals surface area contributed by atoms with Gasteiger partial charge >= 0.3 is 0 Å². The number of rotatable bonds is 5. The topological polar surface area (TPSA) is 61.8 Å². The van der Waals surface area contributed by atoms with E-state index in [0.717, 1.165) is 48.4 Å². The van der Waals surface area contributed by atoms with Gasteiger partial charge in [0.1, 0.15) is 17.1 Å². The van der Waals surface area contributed by atoms with E-state index in [0.29, 0.717) is 12.2 Å². The van der Waals surface area contributed by atoms with Crippen LogP contribution in [0.3, 0.4) is 0 Å². The number of fused-ring (bicyclic) bond motifs is 1. The minimum Gasteiger partial charge on any atom is -0.505 e. The highest BCUT2D eigenvalue weighted by molar-refractivity contribution is 5.95. The fraction of sp³-hybridized carbons (Fsp3) is 0.632. The summed E-state index contributed by atoms with van der Waals surface area (Å²) in [6.07, 6.45) is 1.62. The number of benzene rings is 1. The molecule has 5 heteroatoms. The Kier molecular flexibility index (Phi) is 5.43. The number of nitrogens with zero attached hydrogens (tertiary/aromatic N) is 1. The van der Waals surface area contributed by atoms with E-state index in [-0.39, 0.29) is 17.3 Å². The number of hydrogen-bond donors (Lipinski definition) is 2. The zero-order valence-corrected chi connectivity index (χ0v) is 15.7. The molecule has 1 aliphatic rings. The zero-order chi connectivity index (χ0) is 18.1. The Morgan fingerprint density at radius 3 is 2.46 bits per heavy atom. The van der Waals surface area contributed by atoms with Gasteiger partial charge in [0.05, 0.1) is 12.2 Å². The van der Waals surface area contributed by atoms with E-state index in [1.54, 1.807) is 0 Å². The number of anilines is 1. The first-order chi connectivity index (χ1) is 11.2. The summed E-state index contributed by atoms with van der Waals surface area (Å²) in [6, 6.07) is 0. The first kappa shape index (κ1) is 18.6. The van der Waals surface area contributed by atoms with Gasteiger partial charge in [0, 0.05) is 5.56 Å². The van der Waals surface area contributed by atoms with Crippen LogP contribution in [0.15, 0.2) is 0 Å². The first-order valence-corrected chi connectivity index (χ1v) is 8.76. The minimum atomic E-state index is -0.232. The van der Waals surface area contributed by atoms with Crippen LogP contribution < -0.4 is 10.1 Å². The van der Waals surface area contributed by atoms with Crippen LogP contribution in [0.25, 0.3) is 0 Å². The van der Waals surface area contributed by atoms with Crippen molar-refractivity contribution >= 4 is 11.6 Å². The molecule has 0 spiro atoms. The molecule has 0 radical (unpaired) electrons. The molecule has 1 heterocycles. The number of ether oxygens (including phenoxy) is 1. The Bertz CT molecular complexity index is 634. The summed E-state index contributed by atoms with van der Waals surface area (Å²) in [5.74, 6) is 0.853. The highest BCUT2D eigenvalue weighted by atomic mass is 16.5. The molecule has 0 saturated heterocycles. The molecule has 0 fully saturated rings. The van der Waals surface area contributed by atoms with E-state index in [2.05, 4.69) is 19.2 Å². The Morgan fingerprint density at radius 2 is 1.88 bits per heavy atom. The summed E-state index contributed by atoms with van der Waals surface area (Å²) in [6.45, 7) is 14.0. The second-order valence-electron chi connectivity index (χ2n) is 7.15. The van der Waals surface area contributed by atoms with E-state index < -0.39 is 0 Å². The third kappa shape index (κ3) is 3.66. The van der Waals surface area contributed by atoms with Gasteiger partial charge in [-0.1, -0.05) is 13.8 Å². The summed E-state index contributed by atoms with van der Waals surface area (Å²) in [4.78, 5) is 14.4. The number of likely N-dealkylation sites (N-methyl/N-ethyl adjacent to an activating group) is 1. The van der Waals surface area contributed by atoms with Crippen LogP contribution in [-0.2, 0) is 11.2 Å². The van der Waals surface area contributed by atoms with Crippen molar-refractivity contribution in [2.45, 2.75) is 60.0 Å². The van der Waals surface area contributed by atoms with E-state index >= 15 is 0 Å². The summed E-state index contributed by atoms with van der Waals surface area (Å²) in [5.41, 5.74) is 2.88. The van der Waals surface area contributed by atoms with Gasteiger partial charge in [-0.3, -0.25) is 9.69 Å². The highest BCUT2D eigenvalue weighted by Gasteiger charge is 2.32. The van der Waals surface area contributed by atoms with Crippen molar-refractivity contribution in [3.8, 4) is 11.5 Å². The van der Waals surface area contributed by atoms with Crippen LogP contribution in [0.2, 0.25) is 0 Å². The molecule has 5 nitrogen and oxygen atoms in total. The average Bonchev–Trinajstić information content (AvgIpc) is 2.54. The minimum absolute atomic E-state index is 0.107. The van der Waals surface area contributed by atoms with Gasteiger partial charge in [-0.25, -0.2) is 0 Å². The van der Waals surface area contributed by atoms with Crippen molar-refractivity contribution in [2.75, 3.05) is 25.0 Å². The van der Waals surface area contributed by atoms with Gasteiger partial charge in [0.25, 0.3) is 0 Å². The number of carbonyl (C=O) groups excluding carboxylic acids is 1. The van der Waals surface area contributed by atoms with Crippen molar-refractivity contribution in [2.24, 2.45) is 0 Å². The van der Waals surface area contributed by atoms with Crippen LogP contribution in [0, 0.1) is 13.8 Å². The molecule has 0 saturated carbocycles. The number of nitrogens with one attached hydrogen (secondary N) is 1. The standard InChI is InChI=1S/C19H30N2O3/c1-7-21(8-2)11-15(22)20-16-14-9-10-19(5,6)24-18(14)13(4)12(3)17(16)23/h23H,7-11H2,1-6H3,(H,20,22). The lowest BCUT2D eigenvalue weighted by Gasteiger charge is -2.35. The van der Waals surface area contributed by atoms with Gasteiger partial charge < -0.3 is 15.2 Å². The largest absolute Gasteiger partial charge is 0.505 e. The summed E-state index contributed by atoms with van der Waals surface area (Å²) in [7, 11) is 0. The lowest BCUT2D eigenvalue weighted by atomic mass is 9.89. The molecular weight excluding hydrogens is 304 g/mol. The van der Waals surface area contributed by atoms with Crippen LogP contribution in [0.4, 0.5) is 5.69 Å². The predicted octanol–water partition coefficient (Wildman–Crippen LogP) is 3.39. The smallest absolute Gasteiger partial charge is 0.238 e. The zero-order valence-electron chi connectivity index (χ0n) is 15.7. The summed E-state index contributed by atoms with van der Waals surface area (Å²) < 4.78 is 6.16. The van der Waals surface area contributed by atoms with Crippen molar-refractivity contribution in [3.05, 3.63) is 16.7 Å². The molecule has 0 bridgehead atoms. The molecule has 1 aromatic carbocycles. The normalized spacial score (nSPS) is 15.8. The quantitative estimate of drug-likeness (QED) is 0.810. The van der Waals surface area contributed by atoms with Crippen LogP contribution in [-0.4, -0.2) is 41.1 Å². The molecular formula is C19H30N2O3. The highest BCUT2D eigenvalue weighted by Crippen LogP contribution is 2.46. The number of hydrogen-bond acceptors (Lipinski definition) is 4. The maximum Gasteiger partial charge on any atom is 0.238 e. The van der Waals surface area contributed by atoms with E-state index in [1.807, 2.05) is 32.6 Å². The Labute approximate surface area is 145 Å². The molecule has 0 atom stereocenters. The average molecular weight is 334 g/mol. The van der Waals surface area contributed by atoms with Crippen LogP contribution in [0.1, 0.15) is 50.8 Å². The maximum atomic E-state index is 12.4. The maximum absolute atomic E-state index is 12.4. The summed E-state index contributed by atoms with van der Waals surface area (Å²) in [5, 5.41) is 13.5. The molecule has 1 aliphatic heterocycles. The number of amides is 1. The second-order valence-corrected chi connectivity index (χ2v) is 7.15. The van der Waals surface area contributed by atoms with Crippen LogP contribution in [0.5, 0.6) is 11.5 Å². The van der Waals surface area contributed by atoms with Crippen molar-refractivity contribution in [1.82, 2.24) is 4.90 Å². The molecule has 0 aromatic heterocycles. The second kappa shape index (κ2) is 7.01. The third-order valence-corrected chi connectivity index (χ3v) is 4.95. The Hall–Kier alpha value is -1.75. The van der Waals surface area contributed by atoms with Crippen LogP contribution >= 0.6 is 0 Å². The molecule has 134 valence electrons. The van der Waals surface area contributed by atoms with Crippen molar-refractivity contribution in [3.63, 3.8) is 0 Å². The molecule has 24 heavy (non-hydrogen) atoms. The van der Waals surface area contributed by atoms with Gasteiger partial charge in [0.15, 0.2) is 0 Å². The fourth-order valence-corrected chi connectivity index (χ4v) is 3.11. The van der Waals surface area contributed by atoms with Gasteiger partial charge in [-0.15, -0.1) is 0 Å².